The minimum Gasteiger partial charge on any atom is -0.459 e. The van der Waals surface area contributed by atoms with E-state index in [1.807, 2.05) is 19.1 Å². The number of benzene rings is 2. The van der Waals surface area contributed by atoms with E-state index in [0.29, 0.717) is 5.69 Å². The van der Waals surface area contributed by atoms with Gasteiger partial charge < -0.3 is 4.42 Å². The molecule has 0 radical (unpaired) electrons. The molecule has 0 aliphatic heterocycles. The highest BCUT2D eigenvalue weighted by Gasteiger charge is 2.22. The zero-order valence-electron chi connectivity index (χ0n) is 15.7. The summed E-state index contributed by atoms with van der Waals surface area (Å²) in [6, 6.07) is 15.6. The normalized spacial score (nSPS) is 11.0. The fraction of sp³-hybridized carbons (Fsp3) is 0.100. The van der Waals surface area contributed by atoms with Crippen LogP contribution in [-0.2, 0) is 10.0 Å². The molecule has 9 heteroatoms. The van der Waals surface area contributed by atoms with E-state index in [0.717, 1.165) is 9.87 Å². The second-order valence-corrected chi connectivity index (χ2v) is 8.19. The van der Waals surface area contributed by atoms with Crippen molar-refractivity contribution < 1.29 is 22.4 Å². The smallest absolute Gasteiger partial charge is 0.305 e. The van der Waals surface area contributed by atoms with Crippen molar-refractivity contribution in [3.05, 3.63) is 83.8 Å². The summed E-state index contributed by atoms with van der Waals surface area (Å²) in [5.41, 5.74) is 6.01. The lowest BCUT2D eigenvalue weighted by Crippen LogP contribution is -2.41. The number of carbonyl (C=O) groups excluding carboxylic acids is 2. The fourth-order valence-corrected chi connectivity index (χ4v) is 3.75. The Balaban J connectivity index is 1.76. The van der Waals surface area contributed by atoms with Gasteiger partial charge in [-0.05, 0) is 49.4 Å². The molecule has 150 valence electrons. The topological polar surface area (TPSA) is 109 Å². The van der Waals surface area contributed by atoms with Crippen molar-refractivity contribution in [2.75, 3.05) is 11.4 Å². The summed E-state index contributed by atoms with van der Waals surface area (Å²) < 4.78 is 31.9. The quantitative estimate of drug-likeness (QED) is 0.625. The fourth-order valence-electron chi connectivity index (χ4n) is 2.50. The maximum absolute atomic E-state index is 12.9. The first kappa shape index (κ1) is 20.2. The maximum atomic E-state index is 12.9. The molecule has 0 unspecified atom stereocenters. The summed E-state index contributed by atoms with van der Waals surface area (Å²) in [6.45, 7) is 1.91. The van der Waals surface area contributed by atoms with E-state index in [1.165, 1.54) is 49.7 Å². The summed E-state index contributed by atoms with van der Waals surface area (Å²) in [5, 5.41) is 0. The number of amides is 2. The number of hydrogen-bond acceptors (Lipinski definition) is 5. The van der Waals surface area contributed by atoms with E-state index in [4.69, 9.17) is 4.42 Å². The van der Waals surface area contributed by atoms with Crippen molar-refractivity contribution in [2.24, 2.45) is 0 Å². The largest absolute Gasteiger partial charge is 0.459 e. The van der Waals surface area contributed by atoms with Crippen molar-refractivity contribution in [1.82, 2.24) is 10.9 Å². The number of furan rings is 1. The molecule has 0 aliphatic carbocycles. The Bertz CT molecular complexity index is 1120. The average Bonchev–Trinajstić information content (AvgIpc) is 3.27. The summed E-state index contributed by atoms with van der Waals surface area (Å²) >= 11 is 0. The molecule has 0 saturated heterocycles. The SMILES string of the molecule is Cc1ccc(N(C)S(=O)(=O)c2cccc(C(=O)NNC(=O)c3ccco3)c2)cc1. The Morgan fingerprint density at radius 3 is 2.28 bits per heavy atom. The summed E-state index contributed by atoms with van der Waals surface area (Å²) in [5.74, 6) is -1.27. The maximum Gasteiger partial charge on any atom is 0.305 e. The minimum atomic E-state index is -3.88. The summed E-state index contributed by atoms with van der Waals surface area (Å²) in [4.78, 5) is 24.1. The summed E-state index contributed by atoms with van der Waals surface area (Å²) in [7, 11) is -2.44. The molecule has 1 aromatic heterocycles. The number of nitrogens with zero attached hydrogens (tertiary/aromatic N) is 1. The molecule has 0 bridgehead atoms. The van der Waals surface area contributed by atoms with Gasteiger partial charge in [-0.3, -0.25) is 24.7 Å². The third-order valence-electron chi connectivity index (χ3n) is 4.19. The van der Waals surface area contributed by atoms with Gasteiger partial charge in [0.05, 0.1) is 16.8 Å². The van der Waals surface area contributed by atoms with Crippen LogP contribution in [0, 0.1) is 6.92 Å². The van der Waals surface area contributed by atoms with Gasteiger partial charge in [-0.25, -0.2) is 8.42 Å². The van der Waals surface area contributed by atoms with Gasteiger partial charge in [-0.1, -0.05) is 23.8 Å². The Kier molecular flexibility index (Phi) is 5.69. The zero-order chi connectivity index (χ0) is 21.0. The molecule has 2 amide bonds. The van der Waals surface area contributed by atoms with Gasteiger partial charge in [0.25, 0.3) is 15.9 Å². The number of aryl methyl sites for hydroxylation is 1. The van der Waals surface area contributed by atoms with Crippen molar-refractivity contribution in [3.63, 3.8) is 0 Å². The highest BCUT2D eigenvalue weighted by molar-refractivity contribution is 7.92. The Morgan fingerprint density at radius 2 is 1.62 bits per heavy atom. The number of hydrazine groups is 1. The van der Waals surface area contributed by atoms with E-state index in [2.05, 4.69) is 10.9 Å². The lowest BCUT2D eigenvalue weighted by atomic mass is 10.2. The van der Waals surface area contributed by atoms with Crippen LogP contribution in [0.5, 0.6) is 0 Å². The number of anilines is 1. The van der Waals surface area contributed by atoms with Gasteiger partial charge in [0.15, 0.2) is 5.76 Å². The van der Waals surface area contributed by atoms with Crippen LogP contribution in [0.15, 0.2) is 76.2 Å². The Hall–Kier alpha value is -3.59. The molecule has 3 aromatic rings. The molecular formula is C20H19N3O5S. The number of sulfonamides is 1. The third-order valence-corrected chi connectivity index (χ3v) is 5.97. The van der Waals surface area contributed by atoms with Crippen molar-refractivity contribution in [3.8, 4) is 0 Å². The number of nitrogens with one attached hydrogen (secondary N) is 2. The van der Waals surface area contributed by atoms with Gasteiger partial charge in [-0.15, -0.1) is 0 Å². The van der Waals surface area contributed by atoms with Gasteiger partial charge in [0.2, 0.25) is 0 Å². The van der Waals surface area contributed by atoms with Gasteiger partial charge >= 0.3 is 5.91 Å². The summed E-state index contributed by atoms with van der Waals surface area (Å²) in [6.07, 6.45) is 1.33. The second-order valence-electron chi connectivity index (χ2n) is 6.22. The standard InChI is InChI=1S/C20H19N3O5S/c1-14-8-10-16(11-9-14)23(2)29(26,27)17-6-3-5-15(13-17)19(24)21-22-20(25)18-7-4-12-28-18/h3-13H,1-2H3,(H,21,24)(H,22,25). The highest BCUT2D eigenvalue weighted by Crippen LogP contribution is 2.23. The molecular weight excluding hydrogens is 394 g/mol. The van der Waals surface area contributed by atoms with Crippen LogP contribution in [0.25, 0.3) is 0 Å². The molecule has 3 rings (SSSR count). The number of rotatable bonds is 5. The van der Waals surface area contributed by atoms with Crippen molar-refractivity contribution >= 4 is 27.5 Å². The molecule has 2 N–H and O–H groups in total. The van der Waals surface area contributed by atoms with E-state index in [1.54, 1.807) is 12.1 Å². The highest BCUT2D eigenvalue weighted by atomic mass is 32.2. The van der Waals surface area contributed by atoms with Gasteiger partial charge in [-0.2, -0.15) is 0 Å². The average molecular weight is 413 g/mol. The van der Waals surface area contributed by atoms with Gasteiger partial charge in [0.1, 0.15) is 0 Å². The van der Waals surface area contributed by atoms with E-state index < -0.39 is 21.8 Å². The molecule has 0 saturated carbocycles. The van der Waals surface area contributed by atoms with Crippen LogP contribution in [0.1, 0.15) is 26.5 Å². The molecule has 0 aliphatic rings. The first-order valence-corrected chi connectivity index (χ1v) is 10.0. The zero-order valence-corrected chi connectivity index (χ0v) is 16.6. The van der Waals surface area contributed by atoms with Crippen LogP contribution in [0.2, 0.25) is 0 Å². The molecule has 29 heavy (non-hydrogen) atoms. The van der Waals surface area contributed by atoms with Crippen LogP contribution < -0.4 is 15.2 Å². The minimum absolute atomic E-state index is 0.0290. The van der Waals surface area contributed by atoms with Crippen LogP contribution >= 0.6 is 0 Å². The number of carbonyl (C=O) groups is 2. The van der Waals surface area contributed by atoms with Crippen LogP contribution in [-0.4, -0.2) is 27.3 Å². The monoisotopic (exact) mass is 413 g/mol. The second kappa shape index (κ2) is 8.19. The third kappa shape index (κ3) is 4.46. The molecule has 2 aromatic carbocycles. The lowest BCUT2D eigenvalue weighted by Gasteiger charge is -2.20. The predicted molar refractivity (Wildman–Crippen MR) is 107 cm³/mol. The molecule has 1 heterocycles. The Morgan fingerprint density at radius 1 is 0.931 bits per heavy atom. The van der Waals surface area contributed by atoms with Crippen molar-refractivity contribution in [2.45, 2.75) is 11.8 Å². The van der Waals surface area contributed by atoms with E-state index >= 15 is 0 Å². The molecule has 0 fully saturated rings. The molecule has 8 nitrogen and oxygen atoms in total. The van der Waals surface area contributed by atoms with Gasteiger partial charge in [0, 0.05) is 12.6 Å². The molecule has 0 spiro atoms. The Labute approximate surface area is 168 Å². The first-order valence-electron chi connectivity index (χ1n) is 8.59. The predicted octanol–water partition coefficient (Wildman–Crippen LogP) is 2.49. The van der Waals surface area contributed by atoms with E-state index in [-0.39, 0.29) is 16.2 Å². The van der Waals surface area contributed by atoms with E-state index in [9.17, 15) is 18.0 Å². The van der Waals surface area contributed by atoms with Crippen LogP contribution in [0.3, 0.4) is 0 Å². The number of hydrogen-bond donors (Lipinski definition) is 2. The molecule has 0 atom stereocenters. The van der Waals surface area contributed by atoms with Crippen molar-refractivity contribution in [1.29, 1.82) is 0 Å². The lowest BCUT2D eigenvalue weighted by molar-refractivity contribution is 0.0831. The van der Waals surface area contributed by atoms with Crippen LogP contribution in [0.4, 0.5) is 5.69 Å². The first-order chi connectivity index (χ1) is 13.8.